The molecule has 0 atom stereocenters. The van der Waals surface area contributed by atoms with Crippen molar-refractivity contribution in [3.63, 3.8) is 0 Å². The molecule has 0 fully saturated rings. The van der Waals surface area contributed by atoms with E-state index in [0.29, 0.717) is 0 Å². The third kappa shape index (κ3) is 7.85. The minimum atomic E-state index is -0.832. The number of hydrogen-bond acceptors (Lipinski definition) is 4. The summed E-state index contributed by atoms with van der Waals surface area (Å²) in [6.45, 7) is 13.2. The Morgan fingerprint density at radius 3 is 0.889 bits per heavy atom. The zero-order chi connectivity index (χ0) is 32.7. The van der Waals surface area contributed by atoms with Gasteiger partial charge in [0.25, 0.3) is 0 Å². The van der Waals surface area contributed by atoms with Crippen molar-refractivity contribution in [1.82, 2.24) is 0 Å². The number of aryl methyl sites for hydroxylation is 4. The van der Waals surface area contributed by atoms with Crippen molar-refractivity contribution in [3.05, 3.63) is 95.1 Å². The van der Waals surface area contributed by atoms with E-state index in [1.807, 2.05) is 0 Å². The molecular formula is C39H50O4P2. The van der Waals surface area contributed by atoms with Crippen molar-refractivity contribution < 1.29 is 18.9 Å². The Hall–Kier alpha value is -3.06. The van der Waals surface area contributed by atoms with Gasteiger partial charge >= 0.3 is 0 Å². The van der Waals surface area contributed by atoms with E-state index in [1.165, 1.54) is 43.5 Å². The van der Waals surface area contributed by atoms with Gasteiger partial charge in [0.1, 0.15) is 23.0 Å². The average molecular weight is 645 g/mol. The van der Waals surface area contributed by atoms with Crippen molar-refractivity contribution in [1.29, 1.82) is 0 Å². The molecule has 0 aliphatic rings. The molecule has 4 rings (SSSR count). The van der Waals surface area contributed by atoms with Gasteiger partial charge in [-0.3, -0.25) is 0 Å². The number of hydrogen-bond donors (Lipinski definition) is 0. The molecule has 0 saturated carbocycles. The van der Waals surface area contributed by atoms with Crippen LogP contribution in [0.3, 0.4) is 0 Å². The van der Waals surface area contributed by atoms with Gasteiger partial charge < -0.3 is 18.9 Å². The first-order valence-electron chi connectivity index (χ1n) is 15.8. The second-order valence-corrected chi connectivity index (χ2v) is 16.4. The van der Waals surface area contributed by atoms with Crippen LogP contribution in [0.4, 0.5) is 0 Å². The zero-order valence-electron chi connectivity index (χ0n) is 28.8. The zero-order valence-corrected chi connectivity index (χ0v) is 30.6. The van der Waals surface area contributed by atoms with Crippen LogP contribution in [0.25, 0.3) is 0 Å². The van der Waals surface area contributed by atoms with Crippen LogP contribution in [0, 0.1) is 33.1 Å². The highest BCUT2D eigenvalue weighted by atomic mass is 31.1. The second-order valence-electron chi connectivity index (χ2n) is 12.1. The molecule has 6 heteroatoms. The molecule has 45 heavy (non-hydrogen) atoms. The molecule has 0 heterocycles. The molecule has 0 aliphatic heterocycles. The molecular weight excluding hydrogens is 594 g/mol. The lowest BCUT2D eigenvalue weighted by molar-refractivity contribution is 0.352. The molecule has 4 aromatic rings. The molecule has 0 spiro atoms. The van der Waals surface area contributed by atoms with Crippen LogP contribution in [-0.2, 0) is 0 Å². The molecule has 4 aromatic carbocycles. The van der Waals surface area contributed by atoms with E-state index >= 15 is 0 Å². The first-order valence-corrected chi connectivity index (χ1v) is 18.8. The van der Waals surface area contributed by atoms with Crippen LogP contribution >= 0.6 is 15.8 Å². The Kier molecular flexibility index (Phi) is 12.0. The Balaban J connectivity index is 1.93. The molecule has 0 unspecified atom stereocenters. The van der Waals surface area contributed by atoms with E-state index in [9.17, 15) is 0 Å². The molecule has 0 bridgehead atoms. The van der Waals surface area contributed by atoms with Gasteiger partial charge in [-0.2, -0.15) is 0 Å². The molecule has 0 N–H and O–H groups in total. The number of methoxy groups -OCH3 is 4. The topological polar surface area (TPSA) is 36.9 Å². The fourth-order valence-electron chi connectivity index (χ4n) is 6.05. The van der Waals surface area contributed by atoms with Crippen LogP contribution in [0.15, 0.2) is 72.8 Å². The molecule has 0 radical (unpaired) electrons. The van der Waals surface area contributed by atoms with Gasteiger partial charge in [-0.05, 0) is 121 Å². The molecule has 4 nitrogen and oxygen atoms in total. The quantitative estimate of drug-likeness (QED) is 0.129. The molecule has 0 saturated heterocycles. The van der Waals surface area contributed by atoms with E-state index in [4.69, 9.17) is 18.9 Å². The van der Waals surface area contributed by atoms with Gasteiger partial charge in [0.05, 0.1) is 28.4 Å². The summed E-state index contributed by atoms with van der Waals surface area (Å²) in [6.07, 6.45) is 4.11. The van der Waals surface area contributed by atoms with Gasteiger partial charge in [-0.1, -0.05) is 62.4 Å². The maximum atomic E-state index is 6.06. The van der Waals surface area contributed by atoms with E-state index in [2.05, 4.69) is 114 Å². The van der Waals surface area contributed by atoms with Gasteiger partial charge in [-0.25, -0.2) is 0 Å². The maximum Gasteiger partial charge on any atom is 0.127 e. The predicted octanol–water partition coefficient (Wildman–Crippen LogP) is 8.33. The fourth-order valence-corrected chi connectivity index (χ4v) is 12.6. The Bertz CT molecular complexity index is 1370. The lowest BCUT2D eigenvalue weighted by Crippen LogP contribution is -2.34. The van der Waals surface area contributed by atoms with Crippen LogP contribution in [0.5, 0.6) is 23.0 Å². The van der Waals surface area contributed by atoms with Crippen molar-refractivity contribution in [2.24, 2.45) is 5.41 Å². The van der Waals surface area contributed by atoms with Gasteiger partial charge in [0, 0.05) is 21.2 Å². The monoisotopic (exact) mass is 644 g/mol. The van der Waals surface area contributed by atoms with Crippen LogP contribution in [0.2, 0.25) is 0 Å². The SMILES string of the molecule is CCC(CC)(CP(c1ccc(C)cc1OC)c1ccc(C)cc1OC)CP(c1ccc(C)cc1OC)c1ccc(C)cc1OC. The molecule has 240 valence electrons. The fraction of sp³-hybridized carbons (Fsp3) is 0.385. The van der Waals surface area contributed by atoms with Crippen molar-refractivity contribution in [3.8, 4) is 23.0 Å². The summed E-state index contributed by atoms with van der Waals surface area (Å²) < 4.78 is 24.2. The normalized spacial score (nSPS) is 11.6. The highest BCUT2D eigenvalue weighted by Crippen LogP contribution is 2.54. The van der Waals surface area contributed by atoms with Crippen molar-refractivity contribution >= 4 is 37.1 Å². The van der Waals surface area contributed by atoms with E-state index < -0.39 is 15.8 Å². The molecule has 0 amide bonds. The van der Waals surface area contributed by atoms with Crippen LogP contribution in [0.1, 0.15) is 48.9 Å². The van der Waals surface area contributed by atoms with E-state index in [-0.39, 0.29) is 5.41 Å². The van der Waals surface area contributed by atoms with Gasteiger partial charge in [-0.15, -0.1) is 0 Å². The Morgan fingerprint density at radius 2 is 0.689 bits per heavy atom. The average Bonchev–Trinajstić information content (AvgIpc) is 3.05. The highest BCUT2D eigenvalue weighted by Gasteiger charge is 2.38. The minimum absolute atomic E-state index is 0.0228. The summed E-state index contributed by atoms with van der Waals surface area (Å²) >= 11 is 0. The largest absolute Gasteiger partial charge is 0.496 e. The third-order valence-corrected chi connectivity index (χ3v) is 14.8. The van der Waals surface area contributed by atoms with Crippen LogP contribution < -0.4 is 40.2 Å². The van der Waals surface area contributed by atoms with E-state index in [1.54, 1.807) is 28.4 Å². The smallest absolute Gasteiger partial charge is 0.127 e. The number of ether oxygens (including phenoxy) is 4. The Morgan fingerprint density at radius 1 is 0.444 bits per heavy atom. The number of rotatable bonds is 14. The summed E-state index contributed by atoms with van der Waals surface area (Å²) in [7, 11) is 5.49. The van der Waals surface area contributed by atoms with Crippen molar-refractivity contribution in [2.45, 2.75) is 54.4 Å². The summed E-state index contributed by atoms with van der Waals surface area (Å²) in [5, 5.41) is 5.04. The lowest BCUT2D eigenvalue weighted by atomic mass is 9.87. The minimum Gasteiger partial charge on any atom is -0.496 e. The third-order valence-electron chi connectivity index (χ3n) is 8.99. The second kappa shape index (κ2) is 15.5. The standard InChI is InChI=1S/C39H50O4P2/c1-11-39(12-2,25-44(35-17-13-27(3)21-31(35)40-7)36-18-14-28(4)22-32(36)41-8)26-45(37-19-15-29(5)23-33(37)42-9)38-20-16-30(6)24-34(38)43-10/h13-24H,11-12,25-26H2,1-10H3. The summed E-state index contributed by atoms with van der Waals surface area (Å²) in [5.41, 5.74) is 4.80. The first-order chi connectivity index (χ1) is 21.6. The lowest BCUT2D eigenvalue weighted by Gasteiger charge is -2.40. The van der Waals surface area contributed by atoms with E-state index in [0.717, 1.165) is 48.2 Å². The summed E-state index contributed by atoms with van der Waals surface area (Å²) in [6, 6.07) is 26.7. The van der Waals surface area contributed by atoms with Crippen LogP contribution in [-0.4, -0.2) is 40.8 Å². The Labute approximate surface area is 274 Å². The predicted molar refractivity (Wildman–Crippen MR) is 196 cm³/mol. The summed E-state index contributed by atoms with van der Waals surface area (Å²) in [4.78, 5) is 0. The first kappa shape index (κ1) is 34.8. The number of benzene rings is 4. The molecule has 0 aliphatic carbocycles. The van der Waals surface area contributed by atoms with Crippen molar-refractivity contribution in [2.75, 3.05) is 40.8 Å². The van der Waals surface area contributed by atoms with Gasteiger partial charge in [0.15, 0.2) is 0 Å². The van der Waals surface area contributed by atoms with Gasteiger partial charge in [0.2, 0.25) is 0 Å². The highest BCUT2D eigenvalue weighted by molar-refractivity contribution is 7.74. The maximum absolute atomic E-state index is 6.06. The molecule has 0 aromatic heterocycles. The summed E-state index contributed by atoms with van der Waals surface area (Å²) in [5.74, 6) is 3.81.